The molecule has 1 rings (SSSR count). The van der Waals surface area contributed by atoms with Crippen LogP contribution in [0.3, 0.4) is 0 Å². The number of carbonyl (C=O) groups excluding carboxylic acids is 3. The number of unbranched alkanes of at least 4 members (excludes halogenated alkanes) is 7. The topological polar surface area (TPSA) is 84.8 Å². The highest BCUT2D eigenvalue weighted by Gasteiger charge is 2.28. The number of nitrogens with zero attached hydrogens (tertiary/aromatic N) is 1. The van der Waals surface area contributed by atoms with Crippen LogP contribution in [0, 0.1) is 0 Å². The molecule has 6 nitrogen and oxygen atoms in total. The molecule has 7 heteroatoms. The van der Waals surface area contributed by atoms with Crippen LogP contribution in [-0.4, -0.2) is 42.0 Å². The lowest BCUT2D eigenvalue weighted by Gasteiger charge is -2.08. The van der Waals surface area contributed by atoms with Crippen LogP contribution in [0.15, 0.2) is 4.99 Å². The van der Waals surface area contributed by atoms with Crippen molar-refractivity contribution in [3.63, 3.8) is 0 Å². The fourth-order valence-electron chi connectivity index (χ4n) is 2.76. The van der Waals surface area contributed by atoms with Crippen LogP contribution in [0.25, 0.3) is 0 Å². The van der Waals surface area contributed by atoms with Gasteiger partial charge >= 0.3 is 5.97 Å². The summed E-state index contributed by atoms with van der Waals surface area (Å²) >= 11 is 4.51. The van der Waals surface area contributed by atoms with E-state index in [4.69, 9.17) is 4.74 Å². The van der Waals surface area contributed by atoms with Crippen molar-refractivity contribution in [3.05, 3.63) is 0 Å². The molecule has 0 bridgehead atoms. The first-order chi connectivity index (χ1) is 12.1. The van der Waals surface area contributed by atoms with Gasteiger partial charge in [-0.25, -0.2) is 9.79 Å². The number of nitrogens with one attached hydrogen (secondary N) is 1. The van der Waals surface area contributed by atoms with Gasteiger partial charge in [0.1, 0.15) is 11.8 Å². The van der Waals surface area contributed by atoms with Gasteiger partial charge in [0, 0.05) is 19.4 Å². The van der Waals surface area contributed by atoms with E-state index in [1.54, 1.807) is 0 Å². The Labute approximate surface area is 154 Å². The number of aliphatic imine (C=N–C) groups is 1. The molecule has 0 unspecified atom stereocenters. The summed E-state index contributed by atoms with van der Waals surface area (Å²) in [5.74, 6) is -0.859. The van der Waals surface area contributed by atoms with Gasteiger partial charge in [0.2, 0.25) is 5.91 Å². The molecule has 1 fully saturated rings. The summed E-state index contributed by atoms with van der Waals surface area (Å²) in [6.07, 6.45) is 9.54. The Bertz CT molecular complexity index is 489. The second kappa shape index (κ2) is 13.7. The van der Waals surface area contributed by atoms with Crippen molar-refractivity contribution in [1.29, 1.82) is 0 Å². The van der Waals surface area contributed by atoms with Crippen LogP contribution in [0.2, 0.25) is 0 Å². The summed E-state index contributed by atoms with van der Waals surface area (Å²) in [5, 5.41) is 4.92. The third-order valence-electron chi connectivity index (χ3n) is 4.17. The number of isothiocyanates is 1. The van der Waals surface area contributed by atoms with Crippen molar-refractivity contribution in [1.82, 2.24) is 5.32 Å². The van der Waals surface area contributed by atoms with E-state index in [0.29, 0.717) is 19.4 Å². The number of cyclic esters (lactones) is 1. The number of ketones is 1. The number of thiocarbonyl (C=S) groups is 1. The number of amides is 1. The lowest BCUT2D eigenvalue weighted by atomic mass is 10.0. The van der Waals surface area contributed by atoms with Gasteiger partial charge in [0.25, 0.3) is 0 Å². The SMILES string of the molecule is O=C(CCCCCCCCCCN=C=S)CC(=O)N[C@H]1CCOC1=O. The lowest BCUT2D eigenvalue weighted by Crippen LogP contribution is -2.38. The molecule has 0 aromatic carbocycles. The smallest absolute Gasteiger partial charge is 0.328 e. The van der Waals surface area contributed by atoms with Gasteiger partial charge in [-0.05, 0) is 25.1 Å². The van der Waals surface area contributed by atoms with Gasteiger partial charge in [-0.2, -0.15) is 0 Å². The zero-order valence-electron chi connectivity index (χ0n) is 14.8. The number of rotatable bonds is 14. The highest BCUT2D eigenvalue weighted by Crippen LogP contribution is 2.11. The molecule has 1 heterocycles. The van der Waals surface area contributed by atoms with Crippen molar-refractivity contribution >= 4 is 35.0 Å². The molecule has 0 saturated carbocycles. The molecule has 1 saturated heterocycles. The van der Waals surface area contributed by atoms with E-state index < -0.39 is 12.0 Å². The first-order valence-corrected chi connectivity index (χ1v) is 9.55. The Hall–Kier alpha value is -1.59. The fourth-order valence-corrected chi connectivity index (χ4v) is 2.85. The minimum absolute atomic E-state index is 0.0667. The molecule has 1 atom stereocenters. The molecule has 140 valence electrons. The first-order valence-electron chi connectivity index (χ1n) is 9.15. The Morgan fingerprint density at radius 3 is 2.36 bits per heavy atom. The third kappa shape index (κ3) is 10.8. The number of carbonyl (C=O) groups is 3. The largest absolute Gasteiger partial charge is 0.464 e. The predicted octanol–water partition coefficient (Wildman–Crippen LogP) is 2.99. The minimum Gasteiger partial charge on any atom is -0.464 e. The highest BCUT2D eigenvalue weighted by atomic mass is 32.1. The van der Waals surface area contributed by atoms with E-state index in [-0.39, 0.29) is 18.1 Å². The van der Waals surface area contributed by atoms with Gasteiger partial charge in [0.15, 0.2) is 0 Å². The Morgan fingerprint density at radius 2 is 1.76 bits per heavy atom. The molecule has 0 spiro atoms. The van der Waals surface area contributed by atoms with Crippen molar-refractivity contribution < 1.29 is 19.1 Å². The van der Waals surface area contributed by atoms with E-state index in [1.165, 1.54) is 25.7 Å². The molecule has 25 heavy (non-hydrogen) atoms. The molecule has 1 amide bonds. The zero-order valence-corrected chi connectivity index (χ0v) is 15.6. The number of hydrogen-bond donors (Lipinski definition) is 1. The van der Waals surface area contributed by atoms with E-state index in [2.05, 4.69) is 27.7 Å². The summed E-state index contributed by atoms with van der Waals surface area (Å²) in [4.78, 5) is 38.6. The van der Waals surface area contributed by atoms with Crippen molar-refractivity contribution in [2.24, 2.45) is 4.99 Å². The monoisotopic (exact) mass is 368 g/mol. The normalized spacial score (nSPS) is 16.2. The van der Waals surface area contributed by atoms with Crippen LogP contribution in [0.5, 0.6) is 0 Å². The zero-order chi connectivity index (χ0) is 18.3. The Balaban J connectivity index is 1.92. The molecule has 0 radical (unpaired) electrons. The molecular weight excluding hydrogens is 340 g/mol. The standard InChI is InChI=1S/C18H28N2O4S/c21-15(13-17(22)20-16-10-12-24-18(16)23)9-7-5-3-1-2-4-6-8-11-19-14-25/h16H,1-13H2,(H,20,22)/t16-/m0/s1. The quantitative estimate of drug-likeness (QED) is 0.167. The molecule has 1 aliphatic rings. The first kappa shape index (κ1) is 21.5. The molecular formula is C18H28N2O4S. The van der Waals surface area contributed by atoms with E-state index in [1.807, 2.05) is 0 Å². The second-order valence-electron chi connectivity index (χ2n) is 6.34. The maximum absolute atomic E-state index is 11.8. The third-order valence-corrected chi connectivity index (χ3v) is 4.30. The van der Waals surface area contributed by atoms with Crippen molar-refractivity contribution in [2.75, 3.05) is 13.2 Å². The Morgan fingerprint density at radius 1 is 1.12 bits per heavy atom. The molecule has 1 N–H and O–H groups in total. The molecule has 1 aliphatic heterocycles. The Kier molecular flexibility index (Phi) is 11.7. The fraction of sp³-hybridized carbons (Fsp3) is 0.778. The summed E-state index contributed by atoms with van der Waals surface area (Å²) in [6.45, 7) is 1.11. The molecule has 0 aromatic heterocycles. The van der Waals surface area contributed by atoms with Crippen LogP contribution in [0.1, 0.15) is 70.6 Å². The number of ether oxygens (including phenoxy) is 1. The number of esters is 1. The van der Waals surface area contributed by atoms with Gasteiger partial charge in [-0.1, -0.05) is 38.5 Å². The van der Waals surface area contributed by atoms with Crippen LogP contribution < -0.4 is 5.32 Å². The average molecular weight is 368 g/mol. The van der Waals surface area contributed by atoms with Crippen molar-refractivity contribution in [3.8, 4) is 0 Å². The summed E-state index contributed by atoms with van der Waals surface area (Å²) < 4.78 is 4.77. The maximum atomic E-state index is 11.8. The predicted molar refractivity (Wildman–Crippen MR) is 98.6 cm³/mol. The van der Waals surface area contributed by atoms with Crippen molar-refractivity contribution in [2.45, 2.75) is 76.7 Å². The van der Waals surface area contributed by atoms with E-state index in [9.17, 15) is 14.4 Å². The summed E-state index contributed by atoms with van der Waals surface area (Å²) in [6, 6.07) is -0.582. The van der Waals surface area contributed by atoms with Gasteiger partial charge in [-0.3, -0.25) is 9.59 Å². The summed E-state index contributed by atoms with van der Waals surface area (Å²) in [5.41, 5.74) is 0. The highest BCUT2D eigenvalue weighted by molar-refractivity contribution is 7.78. The van der Waals surface area contributed by atoms with Gasteiger partial charge in [-0.15, -0.1) is 0 Å². The summed E-state index contributed by atoms with van der Waals surface area (Å²) in [7, 11) is 0. The van der Waals surface area contributed by atoms with Crippen LogP contribution >= 0.6 is 12.2 Å². The second-order valence-corrected chi connectivity index (χ2v) is 6.53. The number of Topliss-reactive ketones (excluding diaryl/α,β-unsaturated/α-hetero) is 1. The van der Waals surface area contributed by atoms with E-state index in [0.717, 1.165) is 32.2 Å². The van der Waals surface area contributed by atoms with E-state index >= 15 is 0 Å². The maximum Gasteiger partial charge on any atom is 0.328 e. The minimum atomic E-state index is -0.582. The molecule has 0 aromatic rings. The van der Waals surface area contributed by atoms with Gasteiger partial charge in [0.05, 0.1) is 18.2 Å². The molecule has 0 aliphatic carbocycles. The number of hydrogen-bond acceptors (Lipinski definition) is 6. The van der Waals surface area contributed by atoms with Gasteiger partial charge < -0.3 is 10.1 Å². The average Bonchev–Trinajstić information content (AvgIpc) is 2.97. The van der Waals surface area contributed by atoms with Crippen LogP contribution in [-0.2, 0) is 19.1 Å². The lowest BCUT2D eigenvalue weighted by molar-refractivity contribution is -0.142. The van der Waals surface area contributed by atoms with Crippen LogP contribution in [0.4, 0.5) is 0 Å².